The molecule has 0 fully saturated rings. The molecule has 22 heavy (non-hydrogen) atoms. The van der Waals surface area contributed by atoms with Gasteiger partial charge >= 0.3 is 0 Å². The van der Waals surface area contributed by atoms with Crippen LogP contribution in [0.2, 0.25) is 0 Å². The Kier molecular flexibility index (Phi) is 11.8. The fourth-order valence-corrected chi connectivity index (χ4v) is 1.76. The second-order valence-corrected chi connectivity index (χ2v) is 5.11. The third kappa shape index (κ3) is 9.73. The zero-order valence-electron chi connectivity index (χ0n) is 13.3. The Hall–Kier alpha value is -1.14. The lowest BCUT2D eigenvalue weighted by Gasteiger charge is -2.09. The maximum Gasteiger partial charge on any atom is 0.224 e. The molecule has 0 saturated carbocycles. The monoisotopic (exact) mass is 330 g/mol. The minimum absolute atomic E-state index is 0. The van der Waals surface area contributed by atoms with Crippen LogP contribution in [0.3, 0.4) is 0 Å². The summed E-state index contributed by atoms with van der Waals surface area (Å²) in [6.45, 7) is 6.18. The molecule has 1 rings (SSSR count). The van der Waals surface area contributed by atoms with Crippen molar-refractivity contribution in [3.63, 3.8) is 0 Å². The number of hydrogen-bond acceptors (Lipinski definition) is 4. The molecule has 5 nitrogen and oxygen atoms in total. The topological polar surface area (TPSA) is 73.6 Å². The van der Waals surface area contributed by atoms with E-state index < -0.39 is 0 Å². The fourth-order valence-electron chi connectivity index (χ4n) is 1.76. The van der Waals surface area contributed by atoms with Gasteiger partial charge in [0.05, 0.1) is 25.9 Å². The van der Waals surface area contributed by atoms with Crippen molar-refractivity contribution in [3.05, 3.63) is 29.8 Å². The lowest BCUT2D eigenvalue weighted by Crippen LogP contribution is -2.13. The van der Waals surface area contributed by atoms with E-state index in [-0.39, 0.29) is 24.4 Å². The number of rotatable bonds is 10. The van der Waals surface area contributed by atoms with Crippen LogP contribution in [0.1, 0.15) is 32.3 Å². The number of amides is 1. The second kappa shape index (κ2) is 12.4. The Balaban J connectivity index is 0.00000441. The zero-order valence-corrected chi connectivity index (χ0v) is 14.2. The van der Waals surface area contributed by atoms with Gasteiger partial charge in [0.25, 0.3) is 0 Å². The van der Waals surface area contributed by atoms with Crippen molar-refractivity contribution in [2.75, 3.05) is 25.1 Å². The molecule has 6 heteroatoms. The van der Waals surface area contributed by atoms with Gasteiger partial charge in [-0.2, -0.15) is 0 Å². The molecular weight excluding hydrogens is 304 g/mol. The highest BCUT2D eigenvalue weighted by Crippen LogP contribution is 2.12. The molecule has 0 aliphatic heterocycles. The number of nitrogens with one attached hydrogen (secondary N) is 1. The largest absolute Gasteiger partial charge is 0.376 e. The third-order valence-electron chi connectivity index (χ3n) is 2.77. The minimum atomic E-state index is -0.0103. The van der Waals surface area contributed by atoms with E-state index in [1.54, 1.807) is 0 Å². The molecule has 0 saturated heterocycles. The maximum absolute atomic E-state index is 11.6. The van der Waals surface area contributed by atoms with Gasteiger partial charge in [0.2, 0.25) is 5.91 Å². The van der Waals surface area contributed by atoms with Crippen molar-refractivity contribution in [3.8, 4) is 0 Å². The van der Waals surface area contributed by atoms with Crippen LogP contribution < -0.4 is 11.1 Å². The number of carbonyl (C=O) groups is 1. The number of nitrogens with two attached hydrogens (primary N) is 1. The molecule has 3 N–H and O–H groups in total. The highest BCUT2D eigenvalue weighted by Gasteiger charge is 2.02. The Bertz CT molecular complexity index is 428. The molecule has 1 amide bonds. The van der Waals surface area contributed by atoms with E-state index in [2.05, 4.69) is 5.32 Å². The average Bonchev–Trinajstić information content (AvgIpc) is 2.45. The van der Waals surface area contributed by atoms with Crippen LogP contribution in [-0.4, -0.2) is 31.8 Å². The second-order valence-electron chi connectivity index (χ2n) is 5.11. The van der Waals surface area contributed by atoms with Crippen LogP contribution in [0.15, 0.2) is 24.3 Å². The molecule has 0 aliphatic rings. The maximum atomic E-state index is 11.6. The number of hydrogen-bond donors (Lipinski definition) is 2. The summed E-state index contributed by atoms with van der Waals surface area (Å²) in [4.78, 5) is 11.6. The van der Waals surface area contributed by atoms with Crippen LogP contribution in [-0.2, 0) is 20.9 Å². The van der Waals surface area contributed by atoms with Gasteiger partial charge in [-0.15, -0.1) is 12.4 Å². The van der Waals surface area contributed by atoms with Crippen molar-refractivity contribution in [1.82, 2.24) is 0 Å². The highest BCUT2D eigenvalue weighted by molar-refractivity contribution is 5.90. The van der Waals surface area contributed by atoms with Gasteiger partial charge in [0.1, 0.15) is 0 Å². The summed E-state index contributed by atoms with van der Waals surface area (Å²) < 4.78 is 10.9. The first-order chi connectivity index (χ1) is 10.1. The summed E-state index contributed by atoms with van der Waals surface area (Å²) in [5.41, 5.74) is 7.20. The lowest BCUT2D eigenvalue weighted by molar-refractivity contribution is -0.116. The molecule has 0 bridgehead atoms. The molecule has 0 radical (unpaired) electrons. The van der Waals surface area contributed by atoms with E-state index in [9.17, 15) is 4.79 Å². The van der Waals surface area contributed by atoms with Crippen LogP contribution >= 0.6 is 12.4 Å². The number of carbonyl (C=O) groups excluding carboxylic acids is 1. The minimum Gasteiger partial charge on any atom is -0.376 e. The summed E-state index contributed by atoms with van der Waals surface area (Å²) in [5, 5.41) is 2.86. The molecule has 1 aromatic carbocycles. The van der Waals surface area contributed by atoms with Crippen molar-refractivity contribution >= 4 is 24.0 Å². The third-order valence-corrected chi connectivity index (χ3v) is 2.77. The van der Waals surface area contributed by atoms with Crippen LogP contribution in [0, 0.1) is 0 Å². The normalized spacial score (nSPS) is 10.4. The smallest absolute Gasteiger partial charge is 0.224 e. The van der Waals surface area contributed by atoms with Crippen LogP contribution in [0.25, 0.3) is 0 Å². The van der Waals surface area contributed by atoms with Crippen molar-refractivity contribution in [1.29, 1.82) is 0 Å². The van der Waals surface area contributed by atoms with Crippen molar-refractivity contribution in [2.45, 2.75) is 39.4 Å². The van der Waals surface area contributed by atoms with E-state index in [0.717, 1.165) is 11.3 Å². The first kappa shape index (κ1) is 20.9. The van der Waals surface area contributed by atoms with E-state index in [0.29, 0.717) is 39.2 Å². The molecular formula is C16H27ClN2O3. The van der Waals surface area contributed by atoms with Gasteiger partial charge in [0.15, 0.2) is 0 Å². The van der Waals surface area contributed by atoms with Gasteiger partial charge in [-0.1, -0.05) is 12.1 Å². The highest BCUT2D eigenvalue weighted by atomic mass is 35.5. The van der Waals surface area contributed by atoms with E-state index in [1.807, 2.05) is 38.1 Å². The molecule has 0 atom stereocenters. The van der Waals surface area contributed by atoms with Gasteiger partial charge in [-0.25, -0.2) is 0 Å². The zero-order chi connectivity index (χ0) is 15.5. The number of benzene rings is 1. The van der Waals surface area contributed by atoms with E-state index in [1.165, 1.54) is 0 Å². The molecule has 0 aliphatic carbocycles. The van der Waals surface area contributed by atoms with Crippen molar-refractivity contribution in [2.24, 2.45) is 5.73 Å². The molecule has 1 aromatic rings. The van der Waals surface area contributed by atoms with E-state index in [4.69, 9.17) is 15.2 Å². The van der Waals surface area contributed by atoms with Crippen LogP contribution in [0.5, 0.6) is 0 Å². The van der Waals surface area contributed by atoms with Gasteiger partial charge < -0.3 is 20.5 Å². The van der Waals surface area contributed by atoms with Crippen LogP contribution in [0.4, 0.5) is 5.69 Å². The Morgan fingerprint density at radius 2 is 2.09 bits per heavy atom. The summed E-state index contributed by atoms with van der Waals surface area (Å²) in [6.07, 6.45) is 1.37. The predicted octanol–water partition coefficient (Wildman–Crippen LogP) is 2.73. The fraction of sp³-hybridized carbons (Fsp3) is 0.562. The van der Waals surface area contributed by atoms with Gasteiger partial charge in [-0.3, -0.25) is 4.79 Å². The van der Waals surface area contributed by atoms with Crippen molar-refractivity contribution < 1.29 is 14.3 Å². The molecule has 126 valence electrons. The van der Waals surface area contributed by atoms with Gasteiger partial charge in [-0.05, 0) is 44.5 Å². The first-order valence-electron chi connectivity index (χ1n) is 7.40. The molecule has 0 heterocycles. The summed E-state index contributed by atoms with van der Waals surface area (Å²) in [5.74, 6) is -0.0103. The molecule has 0 unspecified atom stereocenters. The summed E-state index contributed by atoms with van der Waals surface area (Å²) >= 11 is 0. The Labute approximate surface area is 139 Å². The SMILES string of the molecule is CC(C)OCCOCc1cccc(NC(=O)CCCN)c1.Cl. The molecule has 0 spiro atoms. The summed E-state index contributed by atoms with van der Waals surface area (Å²) in [7, 11) is 0. The first-order valence-corrected chi connectivity index (χ1v) is 7.40. The molecule has 0 aromatic heterocycles. The summed E-state index contributed by atoms with van der Waals surface area (Å²) in [6, 6.07) is 7.66. The lowest BCUT2D eigenvalue weighted by atomic mass is 10.2. The predicted molar refractivity (Wildman–Crippen MR) is 91.4 cm³/mol. The van der Waals surface area contributed by atoms with E-state index >= 15 is 0 Å². The van der Waals surface area contributed by atoms with Gasteiger partial charge in [0, 0.05) is 12.1 Å². The Morgan fingerprint density at radius 1 is 1.32 bits per heavy atom. The number of halogens is 1. The number of anilines is 1. The number of ether oxygens (including phenoxy) is 2. The standard InChI is InChI=1S/C16H26N2O3.ClH/c1-13(2)21-10-9-20-12-14-5-3-6-15(11-14)18-16(19)7-4-8-17;/h3,5-6,11,13H,4,7-10,12,17H2,1-2H3,(H,18,19);1H. The average molecular weight is 331 g/mol. The quantitative estimate of drug-likeness (QED) is 0.647. The Morgan fingerprint density at radius 3 is 2.77 bits per heavy atom.